The lowest BCUT2D eigenvalue weighted by Crippen LogP contribution is -2.19. The summed E-state index contributed by atoms with van der Waals surface area (Å²) >= 11 is 0. The van der Waals surface area contributed by atoms with Gasteiger partial charge in [0.05, 0.1) is 0 Å². The summed E-state index contributed by atoms with van der Waals surface area (Å²) in [6.45, 7) is 5.78. The SMILES string of the molecule is CCOC(C)OC(C)O. The monoisotopic (exact) mass is 134 g/mol. The van der Waals surface area contributed by atoms with E-state index in [9.17, 15) is 0 Å². The third-order valence-corrected chi connectivity index (χ3v) is 0.790. The van der Waals surface area contributed by atoms with Gasteiger partial charge in [0.1, 0.15) is 0 Å². The van der Waals surface area contributed by atoms with Gasteiger partial charge in [-0.05, 0) is 20.8 Å². The van der Waals surface area contributed by atoms with E-state index in [0.717, 1.165) is 0 Å². The molecule has 0 fully saturated rings. The molecule has 0 spiro atoms. The van der Waals surface area contributed by atoms with E-state index in [0.29, 0.717) is 6.61 Å². The first-order valence-electron chi connectivity index (χ1n) is 3.12. The van der Waals surface area contributed by atoms with Crippen LogP contribution in [-0.2, 0) is 9.47 Å². The Morgan fingerprint density at radius 1 is 1.44 bits per heavy atom. The van der Waals surface area contributed by atoms with Crippen molar-refractivity contribution in [2.24, 2.45) is 0 Å². The Balaban J connectivity index is 3.15. The van der Waals surface area contributed by atoms with Crippen LogP contribution in [0.5, 0.6) is 0 Å². The number of hydrogen-bond acceptors (Lipinski definition) is 3. The lowest BCUT2D eigenvalue weighted by Gasteiger charge is -2.13. The molecular weight excluding hydrogens is 120 g/mol. The van der Waals surface area contributed by atoms with E-state index in [-0.39, 0.29) is 6.29 Å². The highest BCUT2D eigenvalue weighted by atomic mass is 16.7. The summed E-state index contributed by atoms with van der Waals surface area (Å²) in [4.78, 5) is 0. The highest BCUT2D eigenvalue weighted by Gasteiger charge is 2.02. The van der Waals surface area contributed by atoms with Crippen LogP contribution < -0.4 is 0 Å². The van der Waals surface area contributed by atoms with E-state index < -0.39 is 6.29 Å². The van der Waals surface area contributed by atoms with Gasteiger partial charge in [-0.25, -0.2) is 0 Å². The highest BCUT2D eigenvalue weighted by molar-refractivity contribution is 4.30. The van der Waals surface area contributed by atoms with Gasteiger partial charge in [-0.15, -0.1) is 0 Å². The molecule has 0 rings (SSSR count). The van der Waals surface area contributed by atoms with E-state index in [4.69, 9.17) is 14.6 Å². The zero-order valence-corrected chi connectivity index (χ0v) is 6.13. The third kappa shape index (κ3) is 5.76. The fourth-order valence-corrected chi connectivity index (χ4v) is 0.551. The molecule has 9 heavy (non-hydrogen) atoms. The Kier molecular flexibility index (Phi) is 4.67. The van der Waals surface area contributed by atoms with Crippen LogP contribution in [0.2, 0.25) is 0 Å². The summed E-state index contributed by atoms with van der Waals surface area (Å²) in [6.07, 6.45) is -1.05. The summed E-state index contributed by atoms with van der Waals surface area (Å²) in [7, 11) is 0. The molecule has 0 aliphatic carbocycles. The number of hydrogen-bond donors (Lipinski definition) is 1. The normalized spacial score (nSPS) is 17.3. The maximum absolute atomic E-state index is 8.65. The van der Waals surface area contributed by atoms with Crippen LogP contribution in [0.1, 0.15) is 20.8 Å². The van der Waals surface area contributed by atoms with Crippen molar-refractivity contribution in [3.8, 4) is 0 Å². The molecule has 0 saturated carbocycles. The van der Waals surface area contributed by atoms with Gasteiger partial charge in [0.25, 0.3) is 0 Å². The van der Waals surface area contributed by atoms with Crippen molar-refractivity contribution in [2.75, 3.05) is 6.61 Å². The molecule has 0 aliphatic heterocycles. The predicted octanol–water partition coefficient (Wildman–Crippen LogP) is 0.724. The van der Waals surface area contributed by atoms with Crippen molar-refractivity contribution >= 4 is 0 Å². The Morgan fingerprint density at radius 3 is 2.33 bits per heavy atom. The van der Waals surface area contributed by atoms with Gasteiger partial charge in [-0.2, -0.15) is 0 Å². The highest BCUT2D eigenvalue weighted by Crippen LogP contribution is 1.95. The lowest BCUT2D eigenvalue weighted by molar-refractivity contribution is -0.211. The van der Waals surface area contributed by atoms with E-state index in [1.165, 1.54) is 0 Å². The zero-order chi connectivity index (χ0) is 7.28. The molecule has 3 nitrogen and oxygen atoms in total. The molecule has 0 aromatic heterocycles. The van der Waals surface area contributed by atoms with E-state index in [1.807, 2.05) is 6.92 Å². The van der Waals surface area contributed by atoms with Crippen LogP contribution in [0.3, 0.4) is 0 Å². The smallest absolute Gasteiger partial charge is 0.157 e. The van der Waals surface area contributed by atoms with Crippen LogP contribution in [0, 0.1) is 0 Å². The van der Waals surface area contributed by atoms with Gasteiger partial charge in [-0.1, -0.05) is 0 Å². The molecule has 0 aromatic carbocycles. The maximum Gasteiger partial charge on any atom is 0.157 e. The number of aliphatic hydroxyl groups is 1. The topological polar surface area (TPSA) is 38.7 Å². The number of rotatable bonds is 4. The van der Waals surface area contributed by atoms with Crippen LogP contribution in [-0.4, -0.2) is 24.3 Å². The van der Waals surface area contributed by atoms with Gasteiger partial charge in [-0.3, -0.25) is 0 Å². The average Bonchev–Trinajstić information content (AvgIpc) is 1.63. The summed E-state index contributed by atoms with van der Waals surface area (Å²) < 4.78 is 9.79. The second-order valence-corrected chi connectivity index (χ2v) is 1.76. The van der Waals surface area contributed by atoms with Crippen molar-refractivity contribution in [2.45, 2.75) is 33.4 Å². The van der Waals surface area contributed by atoms with Crippen molar-refractivity contribution in [1.82, 2.24) is 0 Å². The quantitative estimate of drug-likeness (QED) is 0.576. The molecule has 2 unspecified atom stereocenters. The molecule has 0 aromatic rings. The molecule has 0 heterocycles. The second-order valence-electron chi connectivity index (χ2n) is 1.76. The Bertz CT molecular complexity index is 63.3. The van der Waals surface area contributed by atoms with Crippen molar-refractivity contribution < 1.29 is 14.6 Å². The van der Waals surface area contributed by atoms with Crippen LogP contribution in [0.4, 0.5) is 0 Å². The van der Waals surface area contributed by atoms with Gasteiger partial charge >= 0.3 is 0 Å². The van der Waals surface area contributed by atoms with Crippen LogP contribution in [0.25, 0.3) is 0 Å². The lowest BCUT2D eigenvalue weighted by atomic mass is 10.7. The van der Waals surface area contributed by atoms with E-state index >= 15 is 0 Å². The minimum atomic E-state index is -0.744. The summed E-state index contributed by atoms with van der Waals surface area (Å²) in [5.41, 5.74) is 0. The molecule has 3 heteroatoms. The van der Waals surface area contributed by atoms with Gasteiger partial charge in [0, 0.05) is 6.61 Å². The minimum Gasteiger partial charge on any atom is -0.368 e. The summed E-state index contributed by atoms with van der Waals surface area (Å²) in [6, 6.07) is 0. The third-order valence-electron chi connectivity index (χ3n) is 0.790. The van der Waals surface area contributed by atoms with Gasteiger partial charge in [0.15, 0.2) is 12.6 Å². The van der Waals surface area contributed by atoms with Crippen molar-refractivity contribution in [1.29, 1.82) is 0 Å². The molecule has 0 amide bonds. The predicted molar refractivity (Wildman–Crippen MR) is 33.9 cm³/mol. The van der Waals surface area contributed by atoms with Crippen molar-refractivity contribution in [3.05, 3.63) is 0 Å². The Labute approximate surface area is 55.6 Å². The molecule has 56 valence electrons. The molecular formula is C6H14O3. The number of aliphatic hydroxyl groups excluding tert-OH is 1. The zero-order valence-electron chi connectivity index (χ0n) is 6.13. The molecule has 0 bridgehead atoms. The van der Waals surface area contributed by atoms with Gasteiger partial charge in [0.2, 0.25) is 0 Å². The fourth-order valence-electron chi connectivity index (χ4n) is 0.551. The van der Waals surface area contributed by atoms with Gasteiger partial charge < -0.3 is 14.6 Å². The van der Waals surface area contributed by atoms with E-state index in [1.54, 1.807) is 13.8 Å². The van der Waals surface area contributed by atoms with Crippen molar-refractivity contribution in [3.63, 3.8) is 0 Å². The average molecular weight is 134 g/mol. The standard InChI is InChI=1S/C6H14O3/c1-4-8-6(3)9-5(2)7/h5-7H,4H2,1-3H3. The molecule has 0 radical (unpaired) electrons. The fraction of sp³-hybridized carbons (Fsp3) is 1.00. The van der Waals surface area contributed by atoms with Crippen LogP contribution >= 0.6 is 0 Å². The Morgan fingerprint density at radius 2 is 2.00 bits per heavy atom. The number of ether oxygens (including phenoxy) is 2. The first-order chi connectivity index (χ1) is 4.16. The summed E-state index contributed by atoms with van der Waals surface area (Å²) in [5.74, 6) is 0. The Hall–Kier alpha value is -0.120. The maximum atomic E-state index is 8.65. The largest absolute Gasteiger partial charge is 0.368 e. The molecule has 0 saturated heterocycles. The molecule has 2 atom stereocenters. The molecule has 0 aliphatic rings. The van der Waals surface area contributed by atoms with E-state index in [2.05, 4.69) is 0 Å². The second kappa shape index (κ2) is 4.73. The summed E-state index contributed by atoms with van der Waals surface area (Å²) in [5, 5.41) is 8.65. The molecule has 1 N–H and O–H groups in total. The minimum absolute atomic E-state index is 0.310. The first-order valence-corrected chi connectivity index (χ1v) is 3.12. The first kappa shape index (κ1) is 8.88. The van der Waals surface area contributed by atoms with Crippen LogP contribution in [0.15, 0.2) is 0 Å².